The summed E-state index contributed by atoms with van der Waals surface area (Å²) in [6.45, 7) is 0. The highest BCUT2D eigenvalue weighted by Gasteiger charge is 2.34. The fourth-order valence-corrected chi connectivity index (χ4v) is 2.86. The number of amides is 2. The van der Waals surface area contributed by atoms with Gasteiger partial charge in [0.25, 0.3) is 0 Å². The molecule has 6 nitrogen and oxygen atoms in total. The highest BCUT2D eigenvalue weighted by atomic mass is 32.2. The molecule has 1 saturated heterocycles. The molecule has 0 unspecified atom stereocenters. The molecule has 1 aliphatic heterocycles. The lowest BCUT2D eigenvalue weighted by molar-refractivity contribution is -0.140. The minimum absolute atomic E-state index is 0.388. The molecule has 1 aromatic carbocycles. The fourth-order valence-electron chi connectivity index (χ4n) is 1.72. The first-order valence-electron chi connectivity index (χ1n) is 5.64. The van der Waals surface area contributed by atoms with E-state index >= 15 is 0 Å². The molecule has 1 aromatic rings. The lowest BCUT2D eigenvalue weighted by Crippen LogP contribution is -2.43. The number of carbonyl (C=O) groups excluding carboxylic acids is 1. The number of carboxylic acids is 1. The zero-order valence-corrected chi connectivity index (χ0v) is 11.1. The largest absolute Gasteiger partial charge is 0.497 e. The third kappa shape index (κ3) is 3.11. The average Bonchev–Trinajstić information content (AvgIpc) is 2.89. The molecule has 102 valence electrons. The van der Waals surface area contributed by atoms with Crippen LogP contribution in [0.5, 0.6) is 5.75 Å². The van der Waals surface area contributed by atoms with Gasteiger partial charge in [-0.25, -0.2) is 9.59 Å². The Balaban J connectivity index is 2.01. The number of benzene rings is 1. The standard InChI is InChI=1S/C12H14N2O4S/c1-18-9-4-2-8(3-5-9)13-12(17)14-7-19-6-10(14)11(15)16/h2-5,10H,6-7H2,1H3,(H,13,17)(H,15,16)/t10-/m0/s1. The maximum Gasteiger partial charge on any atom is 0.327 e. The maximum absolute atomic E-state index is 12.0. The van der Waals surface area contributed by atoms with Crippen LogP contribution in [0.3, 0.4) is 0 Å². The van der Waals surface area contributed by atoms with Crippen LogP contribution in [-0.4, -0.2) is 46.8 Å². The number of thioether (sulfide) groups is 1. The number of rotatable bonds is 3. The first-order valence-corrected chi connectivity index (χ1v) is 6.79. The van der Waals surface area contributed by atoms with Crippen molar-refractivity contribution in [3.05, 3.63) is 24.3 Å². The first-order chi connectivity index (χ1) is 9.11. The second-order valence-corrected chi connectivity index (χ2v) is 4.98. The van der Waals surface area contributed by atoms with Crippen molar-refractivity contribution in [3.63, 3.8) is 0 Å². The minimum atomic E-state index is -0.977. The molecule has 19 heavy (non-hydrogen) atoms. The summed E-state index contributed by atoms with van der Waals surface area (Å²) in [5.74, 6) is 0.526. The SMILES string of the molecule is COc1ccc(NC(=O)N2CSC[C@H]2C(=O)O)cc1. The van der Waals surface area contributed by atoms with E-state index in [1.807, 2.05) is 0 Å². The van der Waals surface area contributed by atoms with Crippen molar-refractivity contribution < 1.29 is 19.4 Å². The highest BCUT2D eigenvalue weighted by Crippen LogP contribution is 2.22. The Morgan fingerprint density at radius 1 is 1.42 bits per heavy atom. The summed E-state index contributed by atoms with van der Waals surface area (Å²) in [6.07, 6.45) is 0. The quantitative estimate of drug-likeness (QED) is 0.882. The predicted octanol–water partition coefficient (Wildman–Crippen LogP) is 1.69. The molecule has 2 N–H and O–H groups in total. The molecule has 1 aliphatic rings. The Morgan fingerprint density at radius 3 is 2.68 bits per heavy atom. The van der Waals surface area contributed by atoms with Crippen LogP contribution in [0, 0.1) is 0 Å². The number of urea groups is 1. The molecule has 1 fully saturated rings. The Bertz CT molecular complexity index is 477. The molecule has 7 heteroatoms. The van der Waals surface area contributed by atoms with Crippen LogP contribution >= 0.6 is 11.8 Å². The number of methoxy groups -OCH3 is 1. The summed E-state index contributed by atoms with van der Waals surface area (Å²) < 4.78 is 5.02. The van der Waals surface area contributed by atoms with Crippen molar-refractivity contribution >= 4 is 29.4 Å². The molecular formula is C12H14N2O4S. The zero-order valence-electron chi connectivity index (χ0n) is 10.3. The molecule has 0 bridgehead atoms. The van der Waals surface area contributed by atoms with Crippen LogP contribution < -0.4 is 10.1 Å². The van der Waals surface area contributed by atoms with E-state index in [1.165, 1.54) is 16.7 Å². The van der Waals surface area contributed by atoms with Gasteiger partial charge in [0.2, 0.25) is 0 Å². The predicted molar refractivity (Wildman–Crippen MR) is 72.6 cm³/mol. The van der Waals surface area contributed by atoms with Crippen LogP contribution in [0.4, 0.5) is 10.5 Å². The van der Waals surface area contributed by atoms with Crippen LogP contribution in [0.25, 0.3) is 0 Å². The van der Waals surface area contributed by atoms with E-state index < -0.39 is 18.0 Å². The van der Waals surface area contributed by atoms with E-state index in [-0.39, 0.29) is 0 Å². The summed E-state index contributed by atoms with van der Waals surface area (Å²) in [4.78, 5) is 24.3. The molecule has 2 rings (SSSR count). The molecule has 0 saturated carbocycles. The average molecular weight is 282 g/mol. The second kappa shape index (κ2) is 5.83. The molecule has 1 atom stereocenters. The van der Waals surface area contributed by atoms with Crippen LogP contribution in [0.1, 0.15) is 0 Å². The van der Waals surface area contributed by atoms with Crippen LogP contribution in [-0.2, 0) is 4.79 Å². The third-order valence-corrected chi connectivity index (χ3v) is 3.78. The van der Waals surface area contributed by atoms with Gasteiger partial charge in [-0.3, -0.25) is 0 Å². The molecule has 0 spiro atoms. The van der Waals surface area contributed by atoms with Crippen molar-refractivity contribution in [1.82, 2.24) is 4.90 Å². The number of aliphatic carboxylic acids is 1. The Kier molecular flexibility index (Phi) is 4.16. The van der Waals surface area contributed by atoms with E-state index in [4.69, 9.17) is 9.84 Å². The maximum atomic E-state index is 12.0. The fraction of sp³-hybridized carbons (Fsp3) is 0.333. The van der Waals surface area contributed by atoms with Crippen molar-refractivity contribution in [2.75, 3.05) is 24.1 Å². The van der Waals surface area contributed by atoms with Gasteiger partial charge in [-0.2, -0.15) is 0 Å². The summed E-state index contributed by atoms with van der Waals surface area (Å²) in [5.41, 5.74) is 0.604. The number of carboxylic acid groups (broad SMARTS) is 1. The monoisotopic (exact) mass is 282 g/mol. The smallest absolute Gasteiger partial charge is 0.327 e. The third-order valence-electron chi connectivity index (χ3n) is 2.77. The van der Waals surface area contributed by atoms with Crippen molar-refractivity contribution in [1.29, 1.82) is 0 Å². The Hall–Kier alpha value is -1.89. The lowest BCUT2D eigenvalue weighted by atomic mass is 10.3. The zero-order chi connectivity index (χ0) is 13.8. The number of nitrogens with zero attached hydrogens (tertiary/aromatic N) is 1. The van der Waals surface area contributed by atoms with E-state index in [1.54, 1.807) is 31.4 Å². The summed E-state index contributed by atoms with van der Waals surface area (Å²) in [6, 6.07) is 5.70. The Morgan fingerprint density at radius 2 is 2.11 bits per heavy atom. The number of carbonyl (C=O) groups is 2. The van der Waals surface area contributed by atoms with Gasteiger partial charge in [0.1, 0.15) is 11.8 Å². The summed E-state index contributed by atoms with van der Waals surface area (Å²) in [7, 11) is 1.56. The minimum Gasteiger partial charge on any atom is -0.497 e. The Labute approximate surface area is 114 Å². The number of hydrogen-bond donors (Lipinski definition) is 2. The van der Waals surface area contributed by atoms with Gasteiger partial charge >= 0.3 is 12.0 Å². The number of nitrogens with one attached hydrogen (secondary N) is 1. The number of hydrogen-bond acceptors (Lipinski definition) is 4. The van der Waals surface area contributed by atoms with Crippen molar-refractivity contribution in [2.24, 2.45) is 0 Å². The van der Waals surface area contributed by atoms with E-state index in [0.29, 0.717) is 23.1 Å². The van der Waals surface area contributed by atoms with Gasteiger partial charge in [0.15, 0.2) is 0 Å². The number of anilines is 1. The van der Waals surface area contributed by atoms with Crippen LogP contribution in [0.15, 0.2) is 24.3 Å². The molecule has 0 aromatic heterocycles. The first kappa shape index (κ1) is 13.5. The lowest BCUT2D eigenvalue weighted by Gasteiger charge is -2.20. The second-order valence-electron chi connectivity index (χ2n) is 3.98. The van der Waals surface area contributed by atoms with Gasteiger partial charge in [0.05, 0.1) is 13.0 Å². The molecule has 0 aliphatic carbocycles. The molecule has 0 radical (unpaired) electrons. The van der Waals surface area contributed by atoms with E-state index in [0.717, 1.165) is 0 Å². The van der Waals surface area contributed by atoms with E-state index in [2.05, 4.69) is 5.32 Å². The molecule has 2 amide bonds. The molecule has 1 heterocycles. The van der Waals surface area contributed by atoms with Gasteiger partial charge < -0.3 is 20.1 Å². The summed E-state index contributed by atoms with van der Waals surface area (Å²) in [5, 5.41) is 11.7. The van der Waals surface area contributed by atoms with Crippen molar-refractivity contribution in [3.8, 4) is 5.75 Å². The van der Waals surface area contributed by atoms with Gasteiger partial charge in [-0.05, 0) is 24.3 Å². The molecular weight excluding hydrogens is 268 g/mol. The highest BCUT2D eigenvalue weighted by molar-refractivity contribution is 7.99. The number of ether oxygens (including phenoxy) is 1. The van der Waals surface area contributed by atoms with E-state index in [9.17, 15) is 9.59 Å². The van der Waals surface area contributed by atoms with Crippen molar-refractivity contribution in [2.45, 2.75) is 6.04 Å². The van der Waals surface area contributed by atoms with Gasteiger partial charge in [-0.1, -0.05) is 0 Å². The van der Waals surface area contributed by atoms with Gasteiger partial charge in [-0.15, -0.1) is 11.8 Å². The van der Waals surface area contributed by atoms with Crippen LogP contribution in [0.2, 0.25) is 0 Å². The summed E-state index contributed by atoms with van der Waals surface area (Å²) >= 11 is 1.43. The van der Waals surface area contributed by atoms with Gasteiger partial charge in [0, 0.05) is 11.4 Å². The topological polar surface area (TPSA) is 78.9 Å². The normalized spacial score (nSPS) is 18.2.